The summed E-state index contributed by atoms with van der Waals surface area (Å²) in [5.41, 5.74) is 0.795. The molecule has 6 heteroatoms. The molecule has 0 saturated heterocycles. The first kappa shape index (κ1) is 16.9. The van der Waals surface area contributed by atoms with Gasteiger partial charge in [0, 0.05) is 18.3 Å². The number of benzene rings is 1. The predicted octanol–water partition coefficient (Wildman–Crippen LogP) is 1.95. The van der Waals surface area contributed by atoms with Gasteiger partial charge in [0.25, 0.3) is 0 Å². The van der Waals surface area contributed by atoms with Crippen LogP contribution in [0.5, 0.6) is 0 Å². The first-order valence-corrected chi connectivity index (χ1v) is 8.37. The van der Waals surface area contributed by atoms with Gasteiger partial charge in [-0.3, -0.25) is 0 Å². The Hall–Kier alpha value is -1.11. The van der Waals surface area contributed by atoms with Crippen molar-refractivity contribution in [3.63, 3.8) is 0 Å². The number of rotatable bonds is 8. The molecule has 1 unspecified atom stereocenters. The minimum absolute atomic E-state index is 0.137. The smallest absolute Gasteiger partial charge is 0.240 e. The van der Waals surface area contributed by atoms with Crippen LogP contribution in [0.1, 0.15) is 33.6 Å². The number of hydrogen-bond acceptors (Lipinski definition) is 4. The largest absolute Gasteiger partial charge is 0.391 e. The molecule has 1 atom stereocenters. The summed E-state index contributed by atoms with van der Waals surface area (Å²) in [6.07, 6.45) is 1.30. The molecule has 1 rings (SSSR count). The van der Waals surface area contributed by atoms with Crippen molar-refractivity contribution in [2.45, 2.75) is 50.7 Å². The second-order valence-corrected chi connectivity index (χ2v) is 6.84. The van der Waals surface area contributed by atoms with Crippen LogP contribution in [-0.2, 0) is 10.0 Å². The Bertz CT molecular complexity index is 498. The lowest BCUT2D eigenvalue weighted by Crippen LogP contribution is -2.30. The SMILES string of the molecule is CCCC(O)CNc1ccc(S(=O)(=O)NC(C)C)cc1. The summed E-state index contributed by atoms with van der Waals surface area (Å²) in [5, 5.41) is 12.7. The summed E-state index contributed by atoms with van der Waals surface area (Å²) < 4.78 is 26.4. The van der Waals surface area contributed by atoms with E-state index in [1.54, 1.807) is 38.1 Å². The third kappa shape index (κ3) is 5.48. The van der Waals surface area contributed by atoms with E-state index in [1.807, 2.05) is 6.92 Å². The number of nitrogens with one attached hydrogen (secondary N) is 2. The van der Waals surface area contributed by atoms with E-state index in [-0.39, 0.29) is 17.0 Å². The van der Waals surface area contributed by atoms with Gasteiger partial charge in [0.15, 0.2) is 0 Å². The molecule has 0 aromatic heterocycles. The molecule has 0 fully saturated rings. The summed E-state index contributed by atoms with van der Waals surface area (Å²) in [5.74, 6) is 0. The number of aliphatic hydroxyl groups is 1. The average Bonchev–Trinajstić information content (AvgIpc) is 2.36. The zero-order valence-electron chi connectivity index (χ0n) is 12.3. The summed E-state index contributed by atoms with van der Waals surface area (Å²) in [4.78, 5) is 0.242. The van der Waals surface area contributed by atoms with E-state index in [1.165, 1.54) is 0 Å². The lowest BCUT2D eigenvalue weighted by Gasteiger charge is -2.13. The Morgan fingerprint density at radius 3 is 2.30 bits per heavy atom. The Kier molecular flexibility index (Phi) is 6.45. The molecule has 3 N–H and O–H groups in total. The summed E-state index contributed by atoms with van der Waals surface area (Å²) in [6.45, 7) is 6.04. The summed E-state index contributed by atoms with van der Waals surface area (Å²) in [6, 6.07) is 6.38. The first-order chi connectivity index (χ1) is 9.35. The molecule has 0 saturated carbocycles. The molecule has 0 heterocycles. The molecule has 1 aromatic carbocycles. The van der Waals surface area contributed by atoms with Gasteiger partial charge in [-0.15, -0.1) is 0 Å². The fraction of sp³-hybridized carbons (Fsp3) is 0.571. The molecule has 0 radical (unpaired) electrons. The molecule has 0 aliphatic carbocycles. The quantitative estimate of drug-likeness (QED) is 0.685. The maximum atomic E-state index is 11.9. The van der Waals surface area contributed by atoms with Crippen LogP contribution < -0.4 is 10.0 Å². The van der Waals surface area contributed by atoms with E-state index in [2.05, 4.69) is 10.0 Å². The molecular weight excluding hydrogens is 276 g/mol. The van der Waals surface area contributed by atoms with Crippen LogP contribution in [0.3, 0.4) is 0 Å². The van der Waals surface area contributed by atoms with Crippen molar-refractivity contribution in [2.24, 2.45) is 0 Å². The second-order valence-electron chi connectivity index (χ2n) is 5.12. The Labute approximate surface area is 121 Å². The van der Waals surface area contributed by atoms with Gasteiger partial charge in [-0.05, 0) is 44.5 Å². The molecule has 0 bridgehead atoms. The summed E-state index contributed by atoms with van der Waals surface area (Å²) >= 11 is 0. The Morgan fingerprint density at radius 2 is 1.80 bits per heavy atom. The molecule has 0 amide bonds. The third-order valence-corrected chi connectivity index (χ3v) is 4.39. The van der Waals surface area contributed by atoms with E-state index in [9.17, 15) is 13.5 Å². The van der Waals surface area contributed by atoms with Crippen LogP contribution in [-0.4, -0.2) is 32.2 Å². The van der Waals surface area contributed by atoms with Crippen LogP contribution in [0.25, 0.3) is 0 Å². The van der Waals surface area contributed by atoms with E-state index >= 15 is 0 Å². The molecule has 114 valence electrons. The number of hydrogen-bond donors (Lipinski definition) is 3. The van der Waals surface area contributed by atoms with Gasteiger partial charge in [-0.25, -0.2) is 13.1 Å². The molecule has 5 nitrogen and oxygen atoms in total. The van der Waals surface area contributed by atoms with Crippen molar-refractivity contribution in [1.82, 2.24) is 4.72 Å². The molecular formula is C14H24N2O3S. The molecule has 0 spiro atoms. The second kappa shape index (κ2) is 7.61. The van der Waals surface area contributed by atoms with E-state index < -0.39 is 10.0 Å². The van der Waals surface area contributed by atoms with Crippen molar-refractivity contribution in [3.05, 3.63) is 24.3 Å². The van der Waals surface area contributed by atoms with Gasteiger partial charge < -0.3 is 10.4 Å². The molecule has 0 aliphatic rings. The standard InChI is InChI=1S/C14H24N2O3S/c1-4-5-13(17)10-15-12-6-8-14(9-7-12)20(18,19)16-11(2)3/h6-9,11,13,15-17H,4-5,10H2,1-3H3. The first-order valence-electron chi connectivity index (χ1n) is 6.89. The van der Waals surface area contributed by atoms with Crippen molar-refractivity contribution in [2.75, 3.05) is 11.9 Å². The molecule has 0 aliphatic heterocycles. The van der Waals surface area contributed by atoms with Gasteiger partial charge in [0.05, 0.1) is 11.0 Å². The summed E-state index contributed by atoms with van der Waals surface area (Å²) in [7, 11) is -3.44. The van der Waals surface area contributed by atoms with Gasteiger partial charge in [-0.1, -0.05) is 13.3 Å². The predicted molar refractivity (Wildman–Crippen MR) is 81.3 cm³/mol. The van der Waals surface area contributed by atoms with Crippen molar-refractivity contribution in [1.29, 1.82) is 0 Å². The highest BCUT2D eigenvalue weighted by Gasteiger charge is 2.14. The lowest BCUT2D eigenvalue weighted by atomic mass is 10.2. The van der Waals surface area contributed by atoms with Crippen molar-refractivity contribution < 1.29 is 13.5 Å². The monoisotopic (exact) mass is 300 g/mol. The van der Waals surface area contributed by atoms with Crippen LogP contribution in [0.2, 0.25) is 0 Å². The highest BCUT2D eigenvalue weighted by molar-refractivity contribution is 7.89. The maximum Gasteiger partial charge on any atom is 0.240 e. The molecule has 1 aromatic rings. The number of sulfonamides is 1. The zero-order valence-corrected chi connectivity index (χ0v) is 13.1. The fourth-order valence-electron chi connectivity index (χ4n) is 1.80. The normalized spacial score (nSPS) is 13.4. The maximum absolute atomic E-state index is 11.9. The Morgan fingerprint density at radius 1 is 1.20 bits per heavy atom. The Balaban J connectivity index is 2.65. The van der Waals surface area contributed by atoms with Gasteiger partial charge >= 0.3 is 0 Å². The zero-order chi connectivity index (χ0) is 15.2. The number of anilines is 1. The third-order valence-electron chi connectivity index (χ3n) is 2.72. The highest BCUT2D eigenvalue weighted by atomic mass is 32.2. The van der Waals surface area contributed by atoms with E-state index in [4.69, 9.17) is 0 Å². The highest BCUT2D eigenvalue weighted by Crippen LogP contribution is 2.14. The molecule has 20 heavy (non-hydrogen) atoms. The topological polar surface area (TPSA) is 78.4 Å². The van der Waals surface area contributed by atoms with Crippen molar-refractivity contribution >= 4 is 15.7 Å². The van der Waals surface area contributed by atoms with E-state index in [0.29, 0.717) is 6.54 Å². The van der Waals surface area contributed by atoms with Crippen LogP contribution in [0.15, 0.2) is 29.2 Å². The van der Waals surface area contributed by atoms with Crippen molar-refractivity contribution in [3.8, 4) is 0 Å². The fourth-order valence-corrected chi connectivity index (χ4v) is 3.05. The minimum atomic E-state index is -3.44. The van der Waals surface area contributed by atoms with Crippen LogP contribution in [0.4, 0.5) is 5.69 Å². The lowest BCUT2D eigenvalue weighted by molar-refractivity contribution is 0.176. The van der Waals surface area contributed by atoms with Crippen LogP contribution >= 0.6 is 0 Å². The van der Waals surface area contributed by atoms with Gasteiger partial charge in [0.1, 0.15) is 0 Å². The van der Waals surface area contributed by atoms with Gasteiger partial charge in [-0.2, -0.15) is 0 Å². The minimum Gasteiger partial charge on any atom is -0.391 e. The van der Waals surface area contributed by atoms with E-state index in [0.717, 1.165) is 18.5 Å². The average molecular weight is 300 g/mol. The van der Waals surface area contributed by atoms with Gasteiger partial charge in [0.2, 0.25) is 10.0 Å². The van der Waals surface area contributed by atoms with Crippen LogP contribution in [0, 0.1) is 0 Å². The number of aliphatic hydroxyl groups excluding tert-OH is 1.